The fourth-order valence-corrected chi connectivity index (χ4v) is 2.23. The van der Waals surface area contributed by atoms with E-state index in [-0.39, 0.29) is 10.0 Å². The Hall–Kier alpha value is -1.27. The summed E-state index contributed by atoms with van der Waals surface area (Å²) in [6.07, 6.45) is -4.52. The van der Waals surface area contributed by atoms with Crippen molar-refractivity contribution in [3.63, 3.8) is 0 Å². The van der Waals surface area contributed by atoms with Crippen molar-refractivity contribution < 1.29 is 13.2 Å². The molecule has 0 saturated carbocycles. The maximum Gasteiger partial charge on any atom is 0.436 e. The maximum atomic E-state index is 12.5. The van der Waals surface area contributed by atoms with Crippen molar-refractivity contribution in [2.45, 2.75) is 6.18 Å². The molecule has 0 aliphatic carbocycles. The van der Waals surface area contributed by atoms with Gasteiger partial charge in [-0.25, -0.2) is 4.98 Å². The number of hydrogen-bond acceptors (Lipinski definition) is 3. The summed E-state index contributed by atoms with van der Waals surface area (Å²) in [5.74, 6) is 0. The Morgan fingerprint density at radius 2 is 1.76 bits per heavy atom. The lowest BCUT2D eigenvalue weighted by Gasteiger charge is -2.01. The summed E-state index contributed by atoms with van der Waals surface area (Å²) in [7, 11) is 0. The summed E-state index contributed by atoms with van der Waals surface area (Å²) in [5.41, 5.74) is 4.83. The van der Waals surface area contributed by atoms with Crippen LogP contribution in [0.1, 0.15) is 5.69 Å². The molecule has 0 unspecified atom stereocenters. The topological polar surface area (TPSA) is 38.9 Å². The second-order valence-electron chi connectivity index (χ2n) is 3.24. The second-order valence-corrected chi connectivity index (χ2v) is 4.70. The van der Waals surface area contributed by atoms with Crippen molar-refractivity contribution in [2.24, 2.45) is 0 Å². The van der Waals surface area contributed by atoms with Crippen LogP contribution in [0.15, 0.2) is 24.3 Å². The smallest absolute Gasteiger partial charge is 0.389 e. The molecule has 2 N–H and O–H groups in total. The first-order valence-electron chi connectivity index (χ1n) is 4.47. The van der Waals surface area contributed by atoms with Gasteiger partial charge in [0.15, 0.2) is 5.69 Å². The Labute approximate surface area is 104 Å². The van der Waals surface area contributed by atoms with E-state index >= 15 is 0 Å². The van der Waals surface area contributed by atoms with E-state index in [1.807, 2.05) is 0 Å². The van der Waals surface area contributed by atoms with Crippen molar-refractivity contribution in [3.8, 4) is 10.6 Å². The van der Waals surface area contributed by atoms with Gasteiger partial charge in [-0.05, 0) is 12.1 Å². The molecule has 1 heterocycles. The summed E-state index contributed by atoms with van der Waals surface area (Å²) in [6, 6.07) is 6.37. The second kappa shape index (κ2) is 4.19. The minimum atomic E-state index is -4.52. The molecule has 0 bridgehead atoms. The highest BCUT2D eigenvalue weighted by atomic mass is 35.5. The molecule has 2 aromatic rings. The van der Waals surface area contributed by atoms with Crippen molar-refractivity contribution in [1.82, 2.24) is 4.98 Å². The molecule has 1 aromatic heterocycles. The van der Waals surface area contributed by atoms with Gasteiger partial charge in [-0.2, -0.15) is 13.2 Å². The standard InChI is InChI=1S/C10H6ClF3N2S/c11-6-3-1-5(2-4-6)9-16-7(8(15)17-9)10(12,13)14/h1-4H,15H2. The Morgan fingerprint density at radius 1 is 1.18 bits per heavy atom. The zero-order chi connectivity index (χ0) is 12.6. The summed E-state index contributed by atoms with van der Waals surface area (Å²) in [5, 5.41) is 0.406. The molecule has 0 saturated heterocycles. The van der Waals surface area contributed by atoms with Crippen LogP contribution in [0.4, 0.5) is 18.2 Å². The third-order valence-electron chi connectivity index (χ3n) is 2.01. The van der Waals surface area contributed by atoms with E-state index in [1.54, 1.807) is 24.3 Å². The number of halogens is 4. The van der Waals surface area contributed by atoms with E-state index in [4.69, 9.17) is 17.3 Å². The van der Waals surface area contributed by atoms with Crippen LogP contribution >= 0.6 is 22.9 Å². The van der Waals surface area contributed by atoms with E-state index in [1.165, 1.54) is 0 Å². The first-order chi connectivity index (χ1) is 7.88. The van der Waals surface area contributed by atoms with E-state index in [0.29, 0.717) is 10.6 Å². The molecule has 17 heavy (non-hydrogen) atoms. The predicted molar refractivity (Wildman–Crippen MR) is 62.0 cm³/mol. The highest BCUT2D eigenvalue weighted by Crippen LogP contribution is 2.39. The average molecular weight is 279 g/mol. The van der Waals surface area contributed by atoms with Crippen molar-refractivity contribution in [3.05, 3.63) is 35.0 Å². The average Bonchev–Trinajstić information content (AvgIpc) is 2.61. The number of rotatable bonds is 1. The molecule has 0 radical (unpaired) electrons. The minimum Gasteiger partial charge on any atom is -0.389 e. The van der Waals surface area contributed by atoms with Gasteiger partial charge in [0.2, 0.25) is 0 Å². The number of hydrogen-bond donors (Lipinski definition) is 1. The number of alkyl halides is 3. The number of nitrogen functional groups attached to an aromatic ring is 1. The van der Waals surface area contributed by atoms with E-state index in [2.05, 4.69) is 4.98 Å². The van der Waals surface area contributed by atoms with Crippen LogP contribution in [0.3, 0.4) is 0 Å². The summed E-state index contributed by atoms with van der Waals surface area (Å²) in [6.45, 7) is 0. The van der Waals surface area contributed by atoms with Gasteiger partial charge in [0.05, 0.1) is 0 Å². The van der Waals surface area contributed by atoms with Gasteiger partial charge in [-0.1, -0.05) is 35.1 Å². The monoisotopic (exact) mass is 278 g/mol. The lowest BCUT2D eigenvalue weighted by molar-refractivity contribution is -0.140. The van der Waals surface area contributed by atoms with Gasteiger partial charge < -0.3 is 5.73 Å². The van der Waals surface area contributed by atoms with Crippen LogP contribution in [-0.4, -0.2) is 4.98 Å². The molecule has 2 rings (SSSR count). The maximum absolute atomic E-state index is 12.5. The number of benzene rings is 1. The van der Waals surface area contributed by atoms with Crippen LogP contribution in [0.2, 0.25) is 5.02 Å². The minimum absolute atomic E-state index is 0.228. The van der Waals surface area contributed by atoms with Gasteiger partial charge in [0, 0.05) is 10.6 Å². The molecule has 2 nitrogen and oxygen atoms in total. The van der Waals surface area contributed by atoms with Gasteiger partial charge in [-0.3, -0.25) is 0 Å². The normalized spacial score (nSPS) is 11.8. The van der Waals surface area contributed by atoms with Crippen LogP contribution in [0.5, 0.6) is 0 Å². The SMILES string of the molecule is Nc1sc(-c2ccc(Cl)cc2)nc1C(F)(F)F. The first kappa shape index (κ1) is 12.2. The lowest BCUT2D eigenvalue weighted by atomic mass is 10.2. The molecule has 7 heteroatoms. The van der Waals surface area contributed by atoms with E-state index in [9.17, 15) is 13.2 Å². The third kappa shape index (κ3) is 2.53. The van der Waals surface area contributed by atoms with Crippen LogP contribution in [0, 0.1) is 0 Å². The Balaban J connectivity index is 2.45. The summed E-state index contributed by atoms with van der Waals surface area (Å²) >= 11 is 6.49. The van der Waals surface area contributed by atoms with Crippen LogP contribution in [-0.2, 0) is 6.18 Å². The van der Waals surface area contributed by atoms with Crippen molar-refractivity contribution >= 4 is 27.9 Å². The largest absolute Gasteiger partial charge is 0.436 e. The van der Waals surface area contributed by atoms with E-state index < -0.39 is 11.9 Å². The van der Waals surface area contributed by atoms with Crippen molar-refractivity contribution in [2.75, 3.05) is 5.73 Å². The van der Waals surface area contributed by atoms with E-state index in [0.717, 1.165) is 11.3 Å². The van der Waals surface area contributed by atoms with Gasteiger partial charge in [-0.15, -0.1) is 0 Å². The fraction of sp³-hybridized carbons (Fsp3) is 0.100. The van der Waals surface area contributed by atoms with Crippen LogP contribution < -0.4 is 5.73 Å². The lowest BCUT2D eigenvalue weighted by Crippen LogP contribution is -2.08. The Morgan fingerprint density at radius 3 is 2.24 bits per heavy atom. The summed E-state index contributed by atoms with van der Waals surface area (Å²) in [4.78, 5) is 3.51. The highest BCUT2D eigenvalue weighted by molar-refractivity contribution is 7.18. The molecule has 0 amide bonds. The molecule has 0 atom stereocenters. The molecule has 0 fully saturated rings. The quantitative estimate of drug-likeness (QED) is 0.854. The highest BCUT2D eigenvalue weighted by Gasteiger charge is 2.37. The number of anilines is 1. The van der Waals surface area contributed by atoms with Gasteiger partial charge in [0.25, 0.3) is 0 Å². The molecule has 0 spiro atoms. The number of nitrogens with two attached hydrogens (primary N) is 1. The molecule has 90 valence electrons. The predicted octanol–water partition coefficient (Wildman–Crippen LogP) is 4.06. The van der Waals surface area contributed by atoms with Gasteiger partial charge in [0.1, 0.15) is 10.0 Å². The zero-order valence-corrected chi connectivity index (χ0v) is 9.83. The number of aromatic nitrogens is 1. The summed E-state index contributed by atoms with van der Waals surface area (Å²) < 4.78 is 37.5. The van der Waals surface area contributed by atoms with Crippen molar-refractivity contribution in [1.29, 1.82) is 0 Å². The zero-order valence-electron chi connectivity index (χ0n) is 8.25. The molecular formula is C10H6ClF3N2S. The first-order valence-corrected chi connectivity index (χ1v) is 5.67. The fourth-order valence-electron chi connectivity index (χ4n) is 1.25. The molecule has 1 aromatic carbocycles. The number of thiazole rings is 1. The molecule has 0 aliphatic rings. The molecule has 0 aliphatic heterocycles. The Kier molecular flexibility index (Phi) is 3.01. The van der Waals surface area contributed by atoms with Gasteiger partial charge >= 0.3 is 6.18 Å². The Bertz CT molecular complexity index is 533. The third-order valence-corrected chi connectivity index (χ3v) is 3.20. The van der Waals surface area contributed by atoms with Crippen LogP contribution in [0.25, 0.3) is 10.6 Å². The number of nitrogens with zero attached hydrogens (tertiary/aromatic N) is 1. The molecular weight excluding hydrogens is 273 g/mol.